The molecule has 0 aromatic heterocycles. The zero-order chi connectivity index (χ0) is 12.0. The third kappa shape index (κ3) is 3.83. The second-order valence-electron chi connectivity index (χ2n) is 3.72. The van der Waals surface area contributed by atoms with Gasteiger partial charge in [0.2, 0.25) is 9.04 Å². The molecule has 2 nitrogen and oxygen atoms in total. The van der Waals surface area contributed by atoms with Gasteiger partial charge in [0.1, 0.15) is 11.9 Å². The molecule has 1 rings (SSSR count). The van der Waals surface area contributed by atoms with E-state index in [9.17, 15) is 0 Å². The van der Waals surface area contributed by atoms with Crippen molar-refractivity contribution in [3.05, 3.63) is 48.2 Å². The number of hydrogen-bond donors (Lipinski definition) is 0. The molecule has 1 radical (unpaired) electrons. The summed E-state index contributed by atoms with van der Waals surface area (Å²) in [6, 6.07) is 10.1. The molecular weight excluding hydrogens is 216 g/mol. The average molecular weight is 235 g/mol. The molecule has 0 aliphatic rings. The molecule has 0 N–H and O–H groups in total. The van der Waals surface area contributed by atoms with Crippen LogP contribution in [0.15, 0.2) is 42.7 Å². The molecule has 0 saturated carbocycles. The fourth-order valence-corrected chi connectivity index (χ4v) is 2.18. The van der Waals surface area contributed by atoms with E-state index in [1.807, 2.05) is 37.3 Å². The Hall–Kier alpha value is -1.06. The monoisotopic (exact) mass is 235 g/mol. The number of ether oxygens (including phenoxy) is 1. The first kappa shape index (κ1) is 13.0. The van der Waals surface area contributed by atoms with Crippen LogP contribution in [0.2, 0.25) is 13.1 Å². The highest BCUT2D eigenvalue weighted by molar-refractivity contribution is 6.48. The van der Waals surface area contributed by atoms with Crippen molar-refractivity contribution in [1.29, 1.82) is 0 Å². The molecule has 0 amide bonds. The summed E-state index contributed by atoms with van der Waals surface area (Å²) in [5.74, 6) is 0.694. The van der Waals surface area contributed by atoms with Gasteiger partial charge in [0.25, 0.3) is 0 Å². The standard InChI is InChI=1S/C13H19O2Si/c1-5-14-11(2)13(15-16(3)4)12-9-7-6-8-10-12/h6-10,13H,2,5H2,1,3-4H3/t13-/m1/s1. The van der Waals surface area contributed by atoms with Gasteiger partial charge in [-0.05, 0) is 25.6 Å². The summed E-state index contributed by atoms with van der Waals surface area (Å²) in [5, 5.41) is 0. The quantitative estimate of drug-likeness (QED) is 0.554. The third-order valence-electron chi connectivity index (χ3n) is 2.08. The summed E-state index contributed by atoms with van der Waals surface area (Å²) < 4.78 is 11.4. The van der Waals surface area contributed by atoms with E-state index in [0.29, 0.717) is 12.4 Å². The molecule has 16 heavy (non-hydrogen) atoms. The summed E-state index contributed by atoms with van der Waals surface area (Å²) in [6.45, 7) is 10.7. The van der Waals surface area contributed by atoms with Crippen molar-refractivity contribution in [3.63, 3.8) is 0 Å². The lowest BCUT2D eigenvalue weighted by Crippen LogP contribution is -2.17. The Morgan fingerprint density at radius 3 is 2.44 bits per heavy atom. The lowest BCUT2D eigenvalue weighted by atomic mass is 10.1. The van der Waals surface area contributed by atoms with Gasteiger partial charge >= 0.3 is 0 Å². The van der Waals surface area contributed by atoms with Crippen molar-refractivity contribution in [3.8, 4) is 0 Å². The van der Waals surface area contributed by atoms with Crippen LogP contribution in [0.4, 0.5) is 0 Å². The molecule has 0 bridgehead atoms. The summed E-state index contributed by atoms with van der Waals surface area (Å²) in [6.07, 6.45) is -0.134. The molecule has 0 spiro atoms. The van der Waals surface area contributed by atoms with Crippen LogP contribution in [0.1, 0.15) is 18.6 Å². The van der Waals surface area contributed by atoms with Gasteiger partial charge in [-0.15, -0.1) is 0 Å². The summed E-state index contributed by atoms with van der Waals surface area (Å²) in [4.78, 5) is 0. The topological polar surface area (TPSA) is 18.5 Å². The predicted molar refractivity (Wildman–Crippen MR) is 68.5 cm³/mol. The first-order chi connectivity index (χ1) is 7.65. The predicted octanol–water partition coefficient (Wildman–Crippen LogP) is 3.55. The van der Waals surface area contributed by atoms with E-state index in [4.69, 9.17) is 9.16 Å². The Morgan fingerprint density at radius 2 is 1.94 bits per heavy atom. The molecule has 1 aromatic rings. The maximum Gasteiger partial charge on any atom is 0.206 e. The molecule has 0 unspecified atom stereocenters. The van der Waals surface area contributed by atoms with Crippen LogP contribution in [-0.2, 0) is 9.16 Å². The molecule has 1 aromatic carbocycles. The van der Waals surface area contributed by atoms with Crippen molar-refractivity contribution in [2.75, 3.05) is 6.61 Å². The third-order valence-corrected chi connectivity index (χ3v) is 2.79. The van der Waals surface area contributed by atoms with Crippen LogP contribution in [0, 0.1) is 0 Å². The highest BCUT2D eigenvalue weighted by Gasteiger charge is 2.18. The van der Waals surface area contributed by atoms with Gasteiger partial charge in [0, 0.05) is 0 Å². The Kier molecular flexibility index (Phi) is 5.29. The number of benzene rings is 1. The van der Waals surface area contributed by atoms with Crippen LogP contribution >= 0.6 is 0 Å². The van der Waals surface area contributed by atoms with Crippen molar-refractivity contribution in [2.45, 2.75) is 26.1 Å². The van der Waals surface area contributed by atoms with E-state index in [-0.39, 0.29) is 6.10 Å². The van der Waals surface area contributed by atoms with Crippen LogP contribution in [-0.4, -0.2) is 15.6 Å². The van der Waals surface area contributed by atoms with Crippen molar-refractivity contribution < 1.29 is 9.16 Å². The maximum atomic E-state index is 5.93. The SMILES string of the molecule is C=C(OCC)[C@@H](O[Si](C)C)c1ccccc1. The number of rotatable bonds is 6. The molecule has 0 aliphatic heterocycles. The largest absolute Gasteiger partial charge is 0.496 e. The second kappa shape index (κ2) is 6.50. The van der Waals surface area contributed by atoms with E-state index in [1.165, 1.54) is 0 Å². The second-order valence-corrected chi connectivity index (χ2v) is 5.77. The molecule has 0 heterocycles. The van der Waals surface area contributed by atoms with Gasteiger partial charge in [-0.3, -0.25) is 0 Å². The first-order valence-electron chi connectivity index (χ1n) is 5.48. The smallest absolute Gasteiger partial charge is 0.206 e. The van der Waals surface area contributed by atoms with Gasteiger partial charge in [-0.25, -0.2) is 0 Å². The van der Waals surface area contributed by atoms with Crippen LogP contribution in [0.5, 0.6) is 0 Å². The highest BCUT2D eigenvalue weighted by Crippen LogP contribution is 2.26. The number of hydrogen-bond acceptors (Lipinski definition) is 2. The molecular formula is C13H19O2Si. The zero-order valence-electron chi connectivity index (χ0n) is 10.2. The lowest BCUT2D eigenvalue weighted by molar-refractivity contribution is 0.126. The van der Waals surface area contributed by atoms with Crippen molar-refractivity contribution in [1.82, 2.24) is 0 Å². The molecule has 0 saturated heterocycles. The summed E-state index contributed by atoms with van der Waals surface area (Å²) in [5.41, 5.74) is 1.10. The molecule has 87 valence electrons. The van der Waals surface area contributed by atoms with E-state index in [1.54, 1.807) is 0 Å². The van der Waals surface area contributed by atoms with Crippen LogP contribution in [0.3, 0.4) is 0 Å². The molecule has 0 aliphatic carbocycles. The van der Waals surface area contributed by atoms with Gasteiger partial charge in [0.05, 0.1) is 6.61 Å². The highest BCUT2D eigenvalue weighted by atomic mass is 28.3. The fraction of sp³-hybridized carbons (Fsp3) is 0.385. The molecule has 3 heteroatoms. The first-order valence-corrected chi connectivity index (χ1v) is 7.89. The minimum absolute atomic E-state index is 0.134. The van der Waals surface area contributed by atoms with E-state index >= 15 is 0 Å². The van der Waals surface area contributed by atoms with E-state index in [2.05, 4.69) is 19.7 Å². The Balaban J connectivity index is 2.83. The van der Waals surface area contributed by atoms with Gasteiger partial charge in [-0.1, -0.05) is 36.9 Å². The van der Waals surface area contributed by atoms with E-state index < -0.39 is 9.04 Å². The van der Waals surface area contributed by atoms with Crippen LogP contribution in [0.25, 0.3) is 0 Å². The Morgan fingerprint density at radius 1 is 1.31 bits per heavy atom. The maximum absolute atomic E-state index is 5.93. The molecule has 0 fully saturated rings. The Labute approximate surface area is 99.6 Å². The summed E-state index contributed by atoms with van der Waals surface area (Å²) >= 11 is 0. The van der Waals surface area contributed by atoms with Gasteiger partial charge in [0.15, 0.2) is 0 Å². The summed E-state index contributed by atoms with van der Waals surface area (Å²) in [7, 11) is -0.784. The minimum Gasteiger partial charge on any atom is -0.496 e. The van der Waals surface area contributed by atoms with Crippen LogP contribution < -0.4 is 0 Å². The van der Waals surface area contributed by atoms with E-state index in [0.717, 1.165) is 5.56 Å². The zero-order valence-corrected chi connectivity index (χ0v) is 11.2. The fourth-order valence-electron chi connectivity index (χ4n) is 1.44. The Bertz CT molecular complexity index is 322. The van der Waals surface area contributed by atoms with Gasteiger partial charge in [-0.2, -0.15) is 0 Å². The molecule has 1 atom stereocenters. The minimum atomic E-state index is -0.784. The average Bonchev–Trinajstić information content (AvgIpc) is 2.27. The lowest BCUT2D eigenvalue weighted by Gasteiger charge is -2.22. The normalized spacial score (nSPS) is 12.5. The van der Waals surface area contributed by atoms with Gasteiger partial charge < -0.3 is 9.16 Å². The van der Waals surface area contributed by atoms with Crippen molar-refractivity contribution in [2.24, 2.45) is 0 Å². The van der Waals surface area contributed by atoms with Crippen molar-refractivity contribution >= 4 is 9.04 Å².